The smallest absolute Gasteiger partial charge is 0.373 e. The van der Waals surface area contributed by atoms with Gasteiger partial charge in [-0.05, 0) is 33.7 Å². The van der Waals surface area contributed by atoms with Crippen LogP contribution in [-0.2, 0) is 13.3 Å². The average molecular weight is 236 g/mol. The molecule has 0 heterocycles. The summed E-state index contributed by atoms with van der Waals surface area (Å²) in [7, 11) is -2.72. The normalized spacial score (nSPS) is 14.2. The van der Waals surface area contributed by atoms with Crippen LogP contribution in [0.4, 0.5) is 0 Å². The quantitative estimate of drug-likeness (QED) is 0.561. The fraction of sp³-hybridized carbons (Fsp3) is 1.00. The van der Waals surface area contributed by atoms with Crippen LogP contribution in [0.2, 0.25) is 0 Å². The Morgan fingerprint density at radius 3 is 1.67 bits per heavy atom. The third kappa shape index (κ3) is 4.58. The Hall–Kier alpha value is 0.0169. The summed E-state index contributed by atoms with van der Waals surface area (Å²) in [4.78, 5) is 0. The van der Waals surface area contributed by atoms with E-state index in [9.17, 15) is 0 Å². The molecule has 15 heavy (non-hydrogen) atoms. The van der Waals surface area contributed by atoms with Crippen molar-refractivity contribution in [1.82, 2.24) is 0 Å². The first-order chi connectivity index (χ1) is 7.16. The topological polar surface area (TPSA) is 79.7 Å². The first-order valence-corrected chi connectivity index (χ1v) is 7.34. The predicted molar refractivity (Wildman–Crippen MR) is 62.3 cm³/mol. The van der Waals surface area contributed by atoms with Crippen molar-refractivity contribution in [3.8, 4) is 0 Å². The van der Waals surface area contributed by atoms with Crippen LogP contribution < -0.4 is 11.5 Å². The maximum atomic E-state index is 6.03. The molecule has 0 bridgehead atoms. The van der Waals surface area contributed by atoms with Gasteiger partial charge in [-0.25, -0.2) is 0 Å². The van der Waals surface area contributed by atoms with Crippen molar-refractivity contribution in [2.75, 3.05) is 26.4 Å². The second-order valence-electron chi connectivity index (χ2n) is 3.09. The number of hydrogen-bond donors (Lipinski definition) is 2. The van der Waals surface area contributed by atoms with Crippen molar-refractivity contribution in [1.29, 1.82) is 0 Å². The summed E-state index contributed by atoms with van der Waals surface area (Å²) in [5, 5.41) is 0. The third-order valence-electron chi connectivity index (χ3n) is 1.97. The second-order valence-corrected chi connectivity index (χ2v) is 5.90. The minimum atomic E-state index is -2.72. The molecule has 4 N–H and O–H groups in total. The van der Waals surface area contributed by atoms with Crippen molar-refractivity contribution in [3.63, 3.8) is 0 Å². The third-order valence-corrected chi connectivity index (χ3v) is 5.24. The van der Waals surface area contributed by atoms with E-state index in [0.717, 1.165) is 0 Å². The fourth-order valence-electron chi connectivity index (χ4n) is 1.41. The molecule has 92 valence electrons. The van der Waals surface area contributed by atoms with E-state index in [1.165, 1.54) is 0 Å². The van der Waals surface area contributed by atoms with E-state index >= 15 is 0 Å². The lowest BCUT2D eigenvalue weighted by molar-refractivity contribution is 0.0615. The van der Waals surface area contributed by atoms with Crippen LogP contribution in [0.5, 0.6) is 0 Å². The highest BCUT2D eigenvalue weighted by Gasteiger charge is 2.46. The SMILES string of the molecule is CCO[Si](OCC)(OCC)C(N)CCN. The van der Waals surface area contributed by atoms with Crippen LogP contribution in [0.25, 0.3) is 0 Å². The average Bonchev–Trinajstić information content (AvgIpc) is 2.19. The standard InChI is InChI=1S/C9H24N2O3Si/c1-4-12-15(13-5-2,14-6-3)9(11)7-8-10/h9H,4-8,10-11H2,1-3H3. The molecule has 0 aliphatic carbocycles. The van der Waals surface area contributed by atoms with Gasteiger partial charge >= 0.3 is 8.80 Å². The molecule has 0 aromatic heterocycles. The molecule has 0 aromatic rings. The van der Waals surface area contributed by atoms with E-state index < -0.39 is 8.80 Å². The molecule has 0 fully saturated rings. The number of hydrogen-bond acceptors (Lipinski definition) is 5. The number of nitrogens with two attached hydrogens (primary N) is 2. The molecule has 5 nitrogen and oxygen atoms in total. The molecule has 0 saturated carbocycles. The van der Waals surface area contributed by atoms with Gasteiger partial charge in [0.2, 0.25) is 0 Å². The minimum Gasteiger partial charge on any atom is -0.373 e. The minimum absolute atomic E-state index is 0.234. The molecular formula is C9H24N2O3Si. The van der Waals surface area contributed by atoms with Gasteiger partial charge in [-0.2, -0.15) is 0 Å². The summed E-state index contributed by atoms with van der Waals surface area (Å²) < 4.78 is 16.9. The predicted octanol–water partition coefficient (Wildman–Crippen LogP) is 0.250. The summed E-state index contributed by atoms with van der Waals surface area (Å²) in [5.74, 6) is 0. The molecule has 1 atom stereocenters. The highest BCUT2D eigenvalue weighted by atomic mass is 28.4. The van der Waals surface area contributed by atoms with Gasteiger partial charge in [0.25, 0.3) is 0 Å². The van der Waals surface area contributed by atoms with Gasteiger partial charge < -0.3 is 24.7 Å². The lowest BCUT2D eigenvalue weighted by Gasteiger charge is -2.32. The lowest BCUT2D eigenvalue weighted by Crippen LogP contribution is -2.61. The molecule has 0 radical (unpaired) electrons. The van der Waals surface area contributed by atoms with Crippen LogP contribution in [0.1, 0.15) is 27.2 Å². The maximum absolute atomic E-state index is 6.03. The summed E-state index contributed by atoms with van der Waals surface area (Å²) >= 11 is 0. The molecule has 6 heteroatoms. The summed E-state index contributed by atoms with van der Waals surface area (Å²) in [6, 6.07) is 0. The van der Waals surface area contributed by atoms with Gasteiger partial charge in [-0.3, -0.25) is 0 Å². The molecule has 0 aromatic carbocycles. The molecule has 0 rings (SSSR count). The maximum Gasteiger partial charge on any atom is 0.518 e. The highest BCUT2D eigenvalue weighted by Crippen LogP contribution is 2.15. The first-order valence-electron chi connectivity index (χ1n) is 5.54. The summed E-state index contributed by atoms with van der Waals surface area (Å²) in [6.07, 6.45) is 0.659. The van der Waals surface area contributed by atoms with Gasteiger partial charge in [0, 0.05) is 19.8 Å². The molecular weight excluding hydrogens is 212 g/mol. The monoisotopic (exact) mass is 236 g/mol. The van der Waals surface area contributed by atoms with E-state index in [1.54, 1.807) is 0 Å². The zero-order valence-corrected chi connectivity index (χ0v) is 11.0. The van der Waals surface area contributed by atoms with Crippen LogP contribution >= 0.6 is 0 Å². The molecule has 1 unspecified atom stereocenters. The Morgan fingerprint density at radius 2 is 1.40 bits per heavy atom. The zero-order chi connectivity index (χ0) is 11.7. The van der Waals surface area contributed by atoms with E-state index in [2.05, 4.69) is 0 Å². The lowest BCUT2D eigenvalue weighted by atomic mass is 10.4. The largest absolute Gasteiger partial charge is 0.518 e. The van der Waals surface area contributed by atoms with E-state index in [0.29, 0.717) is 32.8 Å². The number of rotatable bonds is 9. The summed E-state index contributed by atoms with van der Waals surface area (Å²) in [5.41, 5.74) is 11.3. The zero-order valence-electron chi connectivity index (χ0n) is 9.99. The second kappa shape index (κ2) is 8.20. The van der Waals surface area contributed by atoms with E-state index in [4.69, 9.17) is 24.7 Å². The molecule has 0 aliphatic heterocycles. The Bertz CT molecular complexity index is 143. The summed E-state index contributed by atoms with van der Waals surface area (Å²) in [6.45, 7) is 7.89. The van der Waals surface area contributed by atoms with Crippen LogP contribution in [0, 0.1) is 0 Å². The van der Waals surface area contributed by atoms with Gasteiger partial charge in [-0.1, -0.05) is 0 Å². The van der Waals surface area contributed by atoms with E-state index in [1.807, 2.05) is 20.8 Å². The van der Waals surface area contributed by atoms with Crippen molar-refractivity contribution in [2.24, 2.45) is 11.5 Å². The van der Waals surface area contributed by atoms with Gasteiger partial charge in [0.15, 0.2) is 0 Å². The Morgan fingerprint density at radius 1 is 1.00 bits per heavy atom. The van der Waals surface area contributed by atoms with Gasteiger partial charge in [0.1, 0.15) is 0 Å². The van der Waals surface area contributed by atoms with E-state index in [-0.39, 0.29) is 5.67 Å². The van der Waals surface area contributed by atoms with Crippen molar-refractivity contribution < 1.29 is 13.3 Å². The highest BCUT2D eigenvalue weighted by molar-refractivity contribution is 6.62. The van der Waals surface area contributed by atoms with Crippen LogP contribution in [-0.4, -0.2) is 40.8 Å². The molecule has 0 saturated heterocycles. The van der Waals surface area contributed by atoms with Crippen molar-refractivity contribution in [2.45, 2.75) is 32.9 Å². The molecule has 0 amide bonds. The first kappa shape index (κ1) is 15.0. The Balaban J connectivity index is 4.57. The van der Waals surface area contributed by atoms with Crippen molar-refractivity contribution >= 4 is 8.80 Å². The Labute approximate surface area is 93.4 Å². The van der Waals surface area contributed by atoms with Gasteiger partial charge in [-0.15, -0.1) is 0 Å². The van der Waals surface area contributed by atoms with Crippen molar-refractivity contribution in [3.05, 3.63) is 0 Å². The van der Waals surface area contributed by atoms with Crippen LogP contribution in [0.3, 0.4) is 0 Å². The molecule has 0 aliphatic rings. The Kier molecular flexibility index (Phi) is 8.21. The van der Waals surface area contributed by atoms with Crippen LogP contribution in [0.15, 0.2) is 0 Å². The van der Waals surface area contributed by atoms with Gasteiger partial charge in [0.05, 0.1) is 5.67 Å². The fourth-order valence-corrected chi connectivity index (χ4v) is 4.03. The molecule has 0 spiro atoms.